The largest absolute Gasteiger partial charge is 0.484 e. The molecule has 5 nitrogen and oxygen atoms in total. The SMILES string of the molecule is Cc1ccc(OCC(=O)N(CC(=O)O)CC(C)C)cc1. The average Bonchev–Trinajstić information content (AvgIpc) is 2.36. The summed E-state index contributed by atoms with van der Waals surface area (Å²) in [5.74, 6) is -0.530. The van der Waals surface area contributed by atoms with Crippen molar-refractivity contribution in [3.05, 3.63) is 29.8 Å². The number of ether oxygens (including phenoxy) is 1. The smallest absolute Gasteiger partial charge is 0.323 e. The number of amides is 1. The van der Waals surface area contributed by atoms with Crippen LogP contribution in [-0.2, 0) is 9.59 Å². The second-order valence-corrected chi connectivity index (χ2v) is 5.16. The van der Waals surface area contributed by atoms with Crippen molar-refractivity contribution in [2.45, 2.75) is 20.8 Å². The molecule has 20 heavy (non-hydrogen) atoms. The number of hydrogen-bond acceptors (Lipinski definition) is 3. The number of benzene rings is 1. The Labute approximate surface area is 119 Å². The van der Waals surface area contributed by atoms with E-state index in [1.54, 1.807) is 12.1 Å². The summed E-state index contributed by atoms with van der Waals surface area (Å²) >= 11 is 0. The first-order valence-corrected chi connectivity index (χ1v) is 6.57. The molecule has 0 saturated carbocycles. The lowest BCUT2D eigenvalue weighted by atomic mass is 10.2. The number of carboxylic acid groups (broad SMARTS) is 1. The maximum atomic E-state index is 12.0. The van der Waals surface area contributed by atoms with Gasteiger partial charge < -0.3 is 14.7 Å². The second-order valence-electron chi connectivity index (χ2n) is 5.16. The Kier molecular flexibility index (Phi) is 6.03. The van der Waals surface area contributed by atoms with Gasteiger partial charge in [0, 0.05) is 6.54 Å². The topological polar surface area (TPSA) is 66.8 Å². The average molecular weight is 279 g/mol. The van der Waals surface area contributed by atoms with Gasteiger partial charge in [-0.2, -0.15) is 0 Å². The van der Waals surface area contributed by atoms with Gasteiger partial charge in [-0.1, -0.05) is 31.5 Å². The summed E-state index contributed by atoms with van der Waals surface area (Å²) in [6.07, 6.45) is 0. The van der Waals surface area contributed by atoms with E-state index in [0.29, 0.717) is 12.3 Å². The Hall–Kier alpha value is -2.04. The highest BCUT2D eigenvalue weighted by Crippen LogP contribution is 2.11. The fourth-order valence-electron chi connectivity index (χ4n) is 1.73. The van der Waals surface area contributed by atoms with Crippen molar-refractivity contribution in [3.8, 4) is 5.75 Å². The Morgan fingerprint density at radius 1 is 1.25 bits per heavy atom. The zero-order valence-corrected chi connectivity index (χ0v) is 12.1. The molecule has 0 heterocycles. The molecule has 0 fully saturated rings. The van der Waals surface area contributed by atoms with E-state index in [-0.39, 0.29) is 25.0 Å². The van der Waals surface area contributed by atoms with Crippen LogP contribution in [0.5, 0.6) is 5.75 Å². The molecule has 0 saturated heterocycles. The fourth-order valence-corrected chi connectivity index (χ4v) is 1.73. The molecule has 0 aliphatic carbocycles. The summed E-state index contributed by atoms with van der Waals surface area (Å²) in [5.41, 5.74) is 1.11. The molecule has 0 aliphatic heterocycles. The van der Waals surface area contributed by atoms with Crippen LogP contribution in [0.2, 0.25) is 0 Å². The highest BCUT2D eigenvalue weighted by Gasteiger charge is 2.18. The highest BCUT2D eigenvalue weighted by atomic mass is 16.5. The number of carboxylic acids is 1. The van der Waals surface area contributed by atoms with Crippen molar-refractivity contribution in [1.82, 2.24) is 4.90 Å². The fraction of sp³-hybridized carbons (Fsp3) is 0.467. The van der Waals surface area contributed by atoms with Crippen LogP contribution in [0.3, 0.4) is 0 Å². The molecule has 1 rings (SSSR count). The Morgan fingerprint density at radius 3 is 2.35 bits per heavy atom. The van der Waals surface area contributed by atoms with Crippen molar-refractivity contribution >= 4 is 11.9 Å². The highest BCUT2D eigenvalue weighted by molar-refractivity contribution is 5.82. The van der Waals surface area contributed by atoms with Crippen LogP contribution in [0.1, 0.15) is 19.4 Å². The third kappa shape index (κ3) is 5.73. The maximum Gasteiger partial charge on any atom is 0.323 e. The molecule has 1 amide bonds. The Morgan fingerprint density at radius 2 is 1.85 bits per heavy atom. The normalized spacial score (nSPS) is 10.4. The standard InChI is InChI=1S/C15H21NO4/c1-11(2)8-16(9-15(18)19)14(17)10-20-13-6-4-12(3)5-7-13/h4-7,11H,8-10H2,1-3H3,(H,18,19). The lowest BCUT2D eigenvalue weighted by molar-refractivity contribution is -0.145. The summed E-state index contributed by atoms with van der Waals surface area (Å²) in [5, 5.41) is 8.83. The number of aliphatic carboxylic acids is 1. The van der Waals surface area contributed by atoms with E-state index in [1.165, 1.54) is 4.90 Å². The van der Waals surface area contributed by atoms with Crippen LogP contribution >= 0.6 is 0 Å². The number of rotatable bonds is 7. The van der Waals surface area contributed by atoms with E-state index in [1.807, 2.05) is 32.9 Å². The molecule has 1 N–H and O–H groups in total. The first kappa shape index (κ1) is 16.0. The van der Waals surface area contributed by atoms with Crippen molar-refractivity contribution in [2.75, 3.05) is 19.7 Å². The minimum Gasteiger partial charge on any atom is -0.484 e. The molecule has 5 heteroatoms. The van der Waals surface area contributed by atoms with Crippen LogP contribution in [0, 0.1) is 12.8 Å². The zero-order valence-electron chi connectivity index (χ0n) is 12.1. The van der Waals surface area contributed by atoms with Gasteiger partial charge in [0.15, 0.2) is 6.61 Å². The van der Waals surface area contributed by atoms with E-state index < -0.39 is 5.97 Å². The maximum absolute atomic E-state index is 12.0. The summed E-state index contributed by atoms with van der Waals surface area (Å²) in [4.78, 5) is 24.1. The van der Waals surface area contributed by atoms with Gasteiger partial charge in [0.25, 0.3) is 5.91 Å². The molecule has 0 bridgehead atoms. The number of nitrogens with zero attached hydrogens (tertiary/aromatic N) is 1. The van der Waals surface area contributed by atoms with Gasteiger partial charge >= 0.3 is 5.97 Å². The van der Waals surface area contributed by atoms with Crippen molar-refractivity contribution in [1.29, 1.82) is 0 Å². The summed E-state index contributed by atoms with van der Waals surface area (Å²) in [6.45, 7) is 5.79. The summed E-state index contributed by atoms with van der Waals surface area (Å²) in [6, 6.07) is 7.35. The molecule has 1 aromatic carbocycles. The van der Waals surface area contributed by atoms with Gasteiger partial charge in [-0.15, -0.1) is 0 Å². The van der Waals surface area contributed by atoms with E-state index in [0.717, 1.165) is 5.56 Å². The minimum atomic E-state index is -1.02. The van der Waals surface area contributed by atoms with E-state index in [2.05, 4.69) is 0 Å². The van der Waals surface area contributed by atoms with Gasteiger partial charge in [-0.25, -0.2) is 0 Å². The summed E-state index contributed by atoms with van der Waals surface area (Å²) < 4.78 is 5.38. The molecule has 0 atom stereocenters. The second kappa shape index (κ2) is 7.53. The van der Waals surface area contributed by atoms with E-state index in [9.17, 15) is 9.59 Å². The molecular formula is C15H21NO4. The van der Waals surface area contributed by atoms with Gasteiger partial charge in [0.05, 0.1) is 0 Å². The molecule has 1 aromatic rings. The number of aryl methyl sites for hydroxylation is 1. The molecule has 0 aromatic heterocycles. The van der Waals surface area contributed by atoms with Crippen LogP contribution in [-0.4, -0.2) is 41.6 Å². The van der Waals surface area contributed by atoms with Crippen LogP contribution in [0.15, 0.2) is 24.3 Å². The molecule has 0 aliphatic rings. The number of carbonyl (C=O) groups is 2. The van der Waals surface area contributed by atoms with Gasteiger partial charge in [-0.05, 0) is 25.0 Å². The van der Waals surface area contributed by atoms with E-state index >= 15 is 0 Å². The van der Waals surface area contributed by atoms with Gasteiger partial charge in [-0.3, -0.25) is 9.59 Å². The summed E-state index contributed by atoms with van der Waals surface area (Å²) in [7, 11) is 0. The third-order valence-corrected chi connectivity index (χ3v) is 2.65. The predicted molar refractivity (Wildman–Crippen MR) is 75.7 cm³/mol. The molecular weight excluding hydrogens is 258 g/mol. The molecule has 110 valence electrons. The monoisotopic (exact) mass is 279 g/mol. The van der Waals surface area contributed by atoms with Crippen molar-refractivity contribution in [3.63, 3.8) is 0 Å². The van der Waals surface area contributed by atoms with Crippen molar-refractivity contribution < 1.29 is 19.4 Å². The molecule has 0 spiro atoms. The van der Waals surface area contributed by atoms with E-state index in [4.69, 9.17) is 9.84 Å². The minimum absolute atomic E-state index is 0.150. The lowest BCUT2D eigenvalue weighted by Crippen LogP contribution is -2.40. The van der Waals surface area contributed by atoms with Crippen LogP contribution < -0.4 is 4.74 Å². The predicted octanol–water partition coefficient (Wildman–Crippen LogP) is 1.94. The van der Waals surface area contributed by atoms with Gasteiger partial charge in [0.1, 0.15) is 12.3 Å². The quantitative estimate of drug-likeness (QED) is 0.828. The number of hydrogen-bond donors (Lipinski definition) is 1. The van der Waals surface area contributed by atoms with Crippen molar-refractivity contribution in [2.24, 2.45) is 5.92 Å². The Balaban J connectivity index is 2.56. The first-order valence-electron chi connectivity index (χ1n) is 6.57. The lowest BCUT2D eigenvalue weighted by Gasteiger charge is -2.22. The first-order chi connectivity index (χ1) is 9.38. The number of carbonyl (C=O) groups excluding carboxylic acids is 1. The molecule has 0 unspecified atom stereocenters. The third-order valence-electron chi connectivity index (χ3n) is 2.65. The zero-order chi connectivity index (χ0) is 15.1. The molecule has 0 radical (unpaired) electrons. The van der Waals surface area contributed by atoms with Crippen LogP contribution in [0.25, 0.3) is 0 Å². The van der Waals surface area contributed by atoms with Crippen LogP contribution in [0.4, 0.5) is 0 Å². The Bertz CT molecular complexity index is 453. The van der Waals surface area contributed by atoms with Gasteiger partial charge in [0.2, 0.25) is 0 Å².